The highest BCUT2D eigenvalue weighted by molar-refractivity contribution is 6.16. The summed E-state index contributed by atoms with van der Waals surface area (Å²) in [5.41, 5.74) is 26.1. The van der Waals surface area contributed by atoms with E-state index in [2.05, 4.69) is 341 Å². The maximum atomic E-state index is 12.0. The van der Waals surface area contributed by atoms with Crippen molar-refractivity contribution in [2.75, 3.05) is 0 Å². The molecular formula is C92H57N5. The first-order valence-corrected chi connectivity index (χ1v) is 32.8. The Labute approximate surface area is 561 Å². The Bertz CT molecular complexity index is 5530. The molecule has 3 aromatic heterocycles. The smallest absolute Gasteiger partial charge is 0.101 e. The van der Waals surface area contributed by atoms with Crippen molar-refractivity contribution in [3.63, 3.8) is 0 Å². The summed E-state index contributed by atoms with van der Waals surface area (Å²) < 4.78 is 6.93. The molecule has 0 amide bonds. The molecule has 15 aromatic carbocycles. The Kier molecular flexibility index (Phi) is 13.6. The summed E-state index contributed by atoms with van der Waals surface area (Å²) in [4.78, 5) is 0. The average Bonchev–Trinajstić information content (AvgIpc) is 1.57. The molecule has 18 rings (SSSR count). The minimum Gasteiger partial charge on any atom is -0.306 e. The maximum absolute atomic E-state index is 12.0. The van der Waals surface area contributed by atoms with Crippen LogP contribution in [0.25, 0.3) is 171 Å². The van der Waals surface area contributed by atoms with Crippen LogP contribution >= 0.6 is 0 Å². The van der Waals surface area contributed by atoms with Gasteiger partial charge in [0.1, 0.15) is 12.1 Å². The summed E-state index contributed by atoms with van der Waals surface area (Å²) in [5, 5.41) is 30.3. The Hall–Kier alpha value is -13.3. The molecule has 0 bridgehead atoms. The van der Waals surface area contributed by atoms with E-state index in [0.29, 0.717) is 28.2 Å². The molecule has 0 saturated carbocycles. The number of benzene rings is 15. The lowest BCUT2D eigenvalue weighted by molar-refractivity contribution is 1.04. The predicted molar refractivity (Wildman–Crippen MR) is 402 cm³/mol. The van der Waals surface area contributed by atoms with Crippen molar-refractivity contribution in [3.05, 3.63) is 357 Å². The normalized spacial score (nSPS) is 11.5. The molecule has 450 valence electrons. The maximum Gasteiger partial charge on any atom is 0.101 e. The van der Waals surface area contributed by atoms with E-state index in [4.69, 9.17) is 0 Å². The van der Waals surface area contributed by atoms with Crippen LogP contribution in [0.1, 0.15) is 11.1 Å². The Morgan fingerprint density at radius 3 is 0.619 bits per heavy atom. The van der Waals surface area contributed by atoms with E-state index in [9.17, 15) is 10.5 Å². The molecule has 3 heterocycles. The van der Waals surface area contributed by atoms with Crippen LogP contribution in [0.3, 0.4) is 0 Å². The zero-order valence-electron chi connectivity index (χ0n) is 52.6. The van der Waals surface area contributed by atoms with Crippen molar-refractivity contribution in [1.29, 1.82) is 10.5 Å². The van der Waals surface area contributed by atoms with E-state index in [1.54, 1.807) is 0 Å². The fourth-order valence-electron chi connectivity index (χ4n) is 14.8. The summed E-state index contributed by atoms with van der Waals surface area (Å²) in [6.45, 7) is 0. The van der Waals surface area contributed by atoms with Gasteiger partial charge < -0.3 is 13.7 Å². The van der Waals surface area contributed by atoms with Crippen molar-refractivity contribution >= 4 is 65.4 Å². The second-order valence-electron chi connectivity index (χ2n) is 25.0. The van der Waals surface area contributed by atoms with Gasteiger partial charge in [-0.1, -0.05) is 279 Å². The zero-order chi connectivity index (χ0) is 64.5. The van der Waals surface area contributed by atoms with Gasteiger partial charge in [0.15, 0.2) is 0 Å². The van der Waals surface area contributed by atoms with E-state index in [1.807, 2.05) is 30.3 Å². The highest BCUT2D eigenvalue weighted by atomic mass is 15.1. The molecule has 0 unspecified atom stereocenters. The lowest BCUT2D eigenvalue weighted by Gasteiger charge is -2.24. The number of aromatic nitrogens is 3. The number of rotatable bonds is 11. The van der Waals surface area contributed by atoms with E-state index in [0.717, 1.165) is 154 Å². The standard InChI is InChI=1S/C92H57N5/c93-58-76-53-77(59-94)91(96-88-51-47-74(70-41-33-66(34-42-70)62-21-9-3-10-22-62)56-82(88)83-57-75(48-52-89(83)96)71-43-35-67(36-44-71)63-23-11-4-12-24-63)92(97-84-27-15-13-25-78(84)79-26-14-16-28-85(79)97)90(76)95-86-49-45-72(68-37-29-64(30-38-68)60-17-5-1-6-18-60)54-80(86)81-55-73(46-50-87(81)95)69-39-31-65(32-40-69)61-19-7-2-8-20-61/h1-57H. The van der Waals surface area contributed by atoms with Gasteiger partial charge in [-0.05, 0) is 156 Å². The third-order valence-electron chi connectivity index (χ3n) is 19.6. The van der Waals surface area contributed by atoms with Crippen LogP contribution in [0.4, 0.5) is 0 Å². The molecule has 0 saturated heterocycles. The topological polar surface area (TPSA) is 62.4 Å². The van der Waals surface area contributed by atoms with Gasteiger partial charge in [-0.3, -0.25) is 0 Å². The van der Waals surface area contributed by atoms with Gasteiger partial charge in [-0.15, -0.1) is 0 Å². The van der Waals surface area contributed by atoms with Crippen LogP contribution in [0, 0.1) is 22.7 Å². The summed E-state index contributed by atoms with van der Waals surface area (Å²) in [7, 11) is 0. The first kappa shape index (κ1) is 56.4. The fraction of sp³-hybridized carbons (Fsp3) is 0. The predicted octanol–water partition coefficient (Wildman–Crippen LogP) is 24.1. The number of para-hydroxylation sites is 2. The van der Waals surface area contributed by atoms with Crippen LogP contribution in [-0.4, -0.2) is 13.7 Å². The molecule has 0 atom stereocenters. The van der Waals surface area contributed by atoms with Crippen molar-refractivity contribution in [2.24, 2.45) is 0 Å². The molecule has 5 heteroatoms. The fourth-order valence-corrected chi connectivity index (χ4v) is 14.8. The van der Waals surface area contributed by atoms with E-state index in [1.165, 1.54) is 0 Å². The second kappa shape index (κ2) is 23.4. The first-order valence-electron chi connectivity index (χ1n) is 32.8. The number of nitriles is 2. The van der Waals surface area contributed by atoms with Crippen molar-refractivity contribution < 1.29 is 0 Å². The van der Waals surface area contributed by atoms with Gasteiger partial charge in [0, 0.05) is 32.3 Å². The molecule has 5 nitrogen and oxygen atoms in total. The van der Waals surface area contributed by atoms with Crippen molar-refractivity contribution in [3.8, 4) is 118 Å². The first-order chi connectivity index (χ1) is 48.0. The van der Waals surface area contributed by atoms with Crippen LogP contribution in [0.15, 0.2) is 346 Å². The largest absolute Gasteiger partial charge is 0.306 e. The molecule has 97 heavy (non-hydrogen) atoms. The summed E-state index contributed by atoms with van der Waals surface area (Å²) in [6.07, 6.45) is 0. The Morgan fingerprint density at radius 2 is 0.361 bits per heavy atom. The number of nitrogens with zero attached hydrogens (tertiary/aromatic N) is 5. The minimum atomic E-state index is 0.361. The van der Waals surface area contributed by atoms with Crippen LogP contribution in [-0.2, 0) is 0 Å². The molecule has 0 N–H and O–H groups in total. The number of fused-ring (bicyclic) bond motifs is 9. The average molecular weight is 1230 g/mol. The molecule has 0 fully saturated rings. The van der Waals surface area contributed by atoms with Gasteiger partial charge in [0.25, 0.3) is 0 Å². The Morgan fingerprint density at radius 1 is 0.165 bits per heavy atom. The summed E-state index contributed by atoms with van der Waals surface area (Å²) >= 11 is 0. The van der Waals surface area contributed by atoms with Crippen molar-refractivity contribution in [1.82, 2.24) is 13.7 Å². The van der Waals surface area contributed by atoms with Crippen LogP contribution in [0.5, 0.6) is 0 Å². The highest BCUT2D eigenvalue weighted by Crippen LogP contribution is 2.48. The van der Waals surface area contributed by atoms with E-state index >= 15 is 0 Å². The number of hydrogen-bond donors (Lipinski definition) is 0. The van der Waals surface area contributed by atoms with Gasteiger partial charge in [-0.25, -0.2) is 0 Å². The molecule has 0 spiro atoms. The molecule has 0 aliphatic carbocycles. The van der Waals surface area contributed by atoms with Gasteiger partial charge in [0.05, 0.1) is 61.3 Å². The monoisotopic (exact) mass is 1230 g/mol. The molecule has 0 aliphatic heterocycles. The van der Waals surface area contributed by atoms with Gasteiger partial charge in [-0.2, -0.15) is 10.5 Å². The van der Waals surface area contributed by atoms with Gasteiger partial charge in [0.2, 0.25) is 0 Å². The van der Waals surface area contributed by atoms with Crippen LogP contribution in [0.2, 0.25) is 0 Å². The third kappa shape index (κ3) is 9.61. The van der Waals surface area contributed by atoms with Crippen molar-refractivity contribution in [2.45, 2.75) is 0 Å². The molecule has 0 aliphatic rings. The summed E-state index contributed by atoms with van der Waals surface area (Å²) in [6, 6.07) is 129. The lowest BCUT2D eigenvalue weighted by Crippen LogP contribution is -2.13. The van der Waals surface area contributed by atoms with Gasteiger partial charge >= 0.3 is 0 Å². The van der Waals surface area contributed by atoms with E-state index < -0.39 is 0 Å². The highest BCUT2D eigenvalue weighted by Gasteiger charge is 2.30. The Balaban J connectivity index is 0.924. The minimum absolute atomic E-state index is 0.361. The van der Waals surface area contributed by atoms with Crippen LogP contribution < -0.4 is 0 Å². The third-order valence-corrected chi connectivity index (χ3v) is 19.6. The van der Waals surface area contributed by atoms with E-state index in [-0.39, 0.29) is 0 Å². The zero-order valence-corrected chi connectivity index (χ0v) is 52.6. The SMILES string of the molecule is N#Cc1cc(C#N)c(-n2c3ccc(-c4ccc(-c5ccccc5)cc4)cc3c3cc(-c4ccc(-c5ccccc5)cc4)ccc32)c(-n2c3ccccc3c3ccccc32)c1-n1c2ccc(-c3ccc(-c4ccccc4)cc3)cc2c2cc(-c3ccc(-c4ccccc4)cc3)ccc21. The summed E-state index contributed by atoms with van der Waals surface area (Å²) in [5.74, 6) is 0. The quantitative estimate of drug-likeness (QED) is 0.130. The molecule has 0 radical (unpaired) electrons. The lowest BCUT2D eigenvalue weighted by atomic mass is 9.97. The molecular weight excluding hydrogens is 1180 g/mol. The molecule has 18 aromatic rings. The second-order valence-corrected chi connectivity index (χ2v) is 25.0. The number of hydrogen-bond acceptors (Lipinski definition) is 2.